The molecule has 21 heavy (non-hydrogen) atoms. The normalized spacial score (nSPS) is 10.5. The van der Waals surface area contributed by atoms with Gasteiger partial charge in [0.05, 0.1) is 11.2 Å². The number of para-hydroxylation sites is 1. The van der Waals surface area contributed by atoms with E-state index in [4.69, 9.17) is 4.98 Å². The molecule has 0 unspecified atom stereocenters. The Hall–Kier alpha value is -2.68. The summed E-state index contributed by atoms with van der Waals surface area (Å²) in [6.45, 7) is 2.01. The maximum absolute atomic E-state index is 11.2. The first kappa shape index (κ1) is 13.3. The van der Waals surface area contributed by atoms with Crippen molar-refractivity contribution in [1.29, 1.82) is 0 Å². The van der Waals surface area contributed by atoms with Crippen molar-refractivity contribution in [3.63, 3.8) is 0 Å². The zero-order valence-corrected chi connectivity index (χ0v) is 11.8. The van der Waals surface area contributed by atoms with Crippen molar-refractivity contribution < 1.29 is 4.79 Å². The molecule has 0 aliphatic rings. The highest BCUT2D eigenvalue weighted by molar-refractivity contribution is 5.83. The molecule has 0 bridgehead atoms. The Balaban J connectivity index is 2.14. The van der Waals surface area contributed by atoms with Crippen molar-refractivity contribution in [2.24, 2.45) is 0 Å². The van der Waals surface area contributed by atoms with Gasteiger partial charge in [-0.25, -0.2) is 4.98 Å². The lowest BCUT2D eigenvalue weighted by Crippen LogP contribution is -2.19. The largest absolute Gasteiger partial charge is 0.352 e. The molecule has 1 N–H and O–H groups in total. The summed E-state index contributed by atoms with van der Waals surface area (Å²) in [6, 6.07) is 20.2. The number of fused-ring (bicyclic) bond motifs is 1. The molecule has 0 aliphatic heterocycles. The number of pyridine rings is 1. The predicted octanol–water partition coefficient (Wildman–Crippen LogP) is 3.54. The summed E-state index contributed by atoms with van der Waals surface area (Å²) in [5.74, 6) is -0.0397. The molecule has 0 spiro atoms. The number of nitrogens with one attached hydrogen (secondary N) is 1. The minimum Gasteiger partial charge on any atom is -0.352 e. The van der Waals surface area contributed by atoms with Crippen molar-refractivity contribution in [2.45, 2.75) is 13.5 Å². The van der Waals surface area contributed by atoms with Crippen LogP contribution in [0.3, 0.4) is 0 Å². The van der Waals surface area contributed by atoms with Gasteiger partial charge in [0, 0.05) is 24.4 Å². The zero-order valence-electron chi connectivity index (χ0n) is 11.8. The van der Waals surface area contributed by atoms with Crippen LogP contribution in [0.5, 0.6) is 0 Å². The van der Waals surface area contributed by atoms with E-state index in [0.29, 0.717) is 6.54 Å². The number of hydrogen-bond donors (Lipinski definition) is 1. The summed E-state index contributed by atoms with van der Waals surface area (Å²) in [5, 5.41) is 3.94. The van der Waals surface area contributed by atoms with Gasteiger partial charge in [0.2, 0.25) is 5.91 Å². The molecule has 0 aliphatic carbocycles. The fourth-order valence-electron chi connectivity index (χ4n) is 2.36. The van der Waals surface area contributed by atoms with Gasteiger partial charge in [-0.2, -0.15) is 0 Å². The van der Waals surface area contributed by atoms with Crippen LogP contribution in [0.2, 0.25) is 0 Å². The first-order chi connectivity index (χ1) is 10.2. The first-order valence-electron chi connectivity index (χ1n) is 6.92. The predicted molar refractivity (Wildman–Crippen MR) is 84.7 cm³/mol. The van der Waals surface area contributed by atoms with Crippen molar-refractivity contribution in [1.82, 2.24) is 10.3 Å². The van der Waals surface area contributed by atoms with E-state index in [1.807, 2.05) is 54.6 Å². The number of benzene rings is 2. The van der Waals surface area contributed by atoms with Crippen molar-refractivity contribution in [3.8, 4) is 11.3 Å². The number of carbonyl (C=O) groups excluding carboxylic acids is 1. The molecule has 0 saturated carbocycles. The second-order valence-corrected chi connectivity index (χ2v) is 4.96. The van der Waals surface area contributed by atoms with Crippen LogP contribution in [0.4, 0.5) is 0 Å². The van der Waals surface area contributed by atoms with Gasteiger partial charge in [-0.3, -0.25) is 4.79 Å². The lowest BCUT2D eigenvalue weighted by Gasteiger charge is -2.11. The fourth-order valence-corrected chi connectivity index (χ4v) is 2.36. The second-order valence-electron chi connectivity index (χ2n) is 4.96. The Bertz CT molecular complexity index is 782. The van der Waals surface area contributed by atoms with Gasteiger partial charge in [-0.15, -0.1) is 0 Å². The second kappa shape index (κ2) is 5.75. The lowest BCUT2D eigenvalue weighted by molar-refractivity contribution is -0.119. The van der Waals surface area contributed by atoms with E-state index in [1.54, 1.807) is 0 Å². The Morgan fingerprint density at radius 3 is 2.52 bits per heavy atom. The van der Waals surface area contributed by atoms with E-state index in [0.717, 1.165) is 27.7 Å². The highest BCUT2D eigenvalue weighted by Crippen LogP contribution is 2.25. The SMILES string of the molecule is CC(=O)NCc1cc2ccccc2nc1-c1ccccc1. The molecule has 3 rings (SSSR count). The maximum Gasteiger partial charge on any atom is 0.217 e. The molecule has 3 nitrogen and oxygen atoms in total. The van der Waals surface area contributed by atoms with Crippen LogP contribution in [-0.2, 0) is 11.3 Å². The number of carbonyl (C=O) groups is 1. The van der Waals surface area contributed by atoms with E-state index in [1.165, 1.54) is 6.92 Å². The molecule has 2 aromatic carbocycles. The molecule has 0 atom stereocenters. The minimum atomic E-state index is -0.0397. The monoisotopic (exact) mass is 276 g/mol. The zero-order chi connectivity index (χ0) is 14.7. The number of hydrogen-bond acceptors (Lipinski definition) is 2. The smallest absolute Gasteiger partial charge is 0.217 e. The van der Waals surface area contributed by atoms with E-state index >= 15 is 0 Å². The standard InChI is InChI=1S/C18H16N2O/c1-13(21)19-12-16-11-15-9-5-6-10-17(15)20-18(16)14-7-3-2-4-8-14/h2-11H,12H2,1H3,(H,19,21). The fraction of sp³-hybridized carbons (Fsp3) is 0.111. The molecule has 3 heteroatoms. The third-order valence-corrected chi connectivity index (χ3v) is 3.38. The van der Waals surface area contributed by atoms with Gasteiger partial charge in [-0.05, 0) is 17.7 Å². The lowest BCUT2D eigenvalue weighted by atomic mass is 10.0. The number of amides is 1. The molecule has 0 radical (unpaired) electrons. The van der Waals surface area contributed by atoms with Gasteiger partial charge in [0.25, 0.3) is 0 Å². The Labute approximate surface area is 123 Å². The molecule has 104 valence electrons. The third kappa shape index (κ3) is 2.92. The molecular formula is C18H16N2O. The number of aromatic nitrogens is 1. The van der Waals surface area contributed by atoms with Gasteiger partial charge in [-0.1, -0.05) is 48.5 Å². The molecule has 0 fully saturated rings. The molecule has 3 aromatic rings. The highest BCUT2D eigenvalue weighted by atomic mass is 16.1. The van der Waals surface area contributed by atoms with E-state index in [-0.39, 0.29) is 5.91 Å². The van der Waals surface area contributed by atoms with Crippen LogP contribution < -0.4 is 5.32 Å². The number of rotatable bonds is 3. The summed E-state index contributed by atoms with van der Waals surface area (Å²) in [6.07, 6.45) is 0. The summed E-state index contributed by atoms with van der Waals surface area (Å²) in [7, 11) is 0. The van der Waals surface area contributed by atoms with Crippen molar-refractivity contribution in [2.75, 3.05) is 0 Å². The van der Waals surface area contributed by atoms with Crippen LogP contribution in [-0.4, -0.2) is 10.9 Å². The Morgan fingerprint density at radius 2 is 1.76 bits per heavy atom. The van der Waals surface area contributed by atoms with Crippen molar-refractivity contribution in [3.05, 3.63) is 66.2 Å². The van der Waals surface area contributed by atoms with Crippen LogP contribution in [0.1, 0.15) is 12.5 Å². The highest BCUT2D eigenvalue weighted by Gasteiger charge is 2.09. The summed E-state index contributed by atoms with van der Waals surface area (Å²) in [5.41, 5.74) is 3.96. The maximum atomic E-state index is 11.2. The van der Waals surface area contributed by atoms with Crippen LogP contribution in [0, 0.1) is 0 Å². The van der Waals surface area contributed by atoms with Crippen molar-refractivity contribution >= 4 is 16.8 Å². The van der Waals surface area contributed by atoms with Crippen LogP contribution >= 0.6 is 0 Å². The average molecular weight is 276 g/mol. The summed E-state index contributed by atoms with van der Waals surface area (Å²) >= 11 is 0. The Kier molecular flexibility index (Phi) is 3.65. The van der Waals surface area contributed by atoms with E-state index < -0.39 is 0 Å². The molecule has 1 amide bonds. The van der Waals surface area contributed by atoms with E-state index in [9.17, 15) is 4.79 Å². The van der Waals surface area contributed by atoms with Crippen LogP contribution in [0.15, 0.2) is 60.7 Å². The average Bonchev–Trinajstić information content (AvgIpc) is 2.53. The van der Waals surface area contributed by atoms with Gasteiger partial charge >= 0.3 is 0 Å². The first-order valence-corrected chi connectivity index (χ1v) is 6.92. The van der Waals surface area contributed by atoms with Gasteiger partial charge in [0.15, 0.2) is 0 Å². The molecule has 1 aromatic heterocycles. The molecule has 1 heterocycles. The molecule has 0 saturated heterocycles. The third-order valence-electron chi connectivity index (χ3n) is 3.38. The quantitative estimate of drug-likeness (QED) is 0.795. The van der Waals surface area contributed by atoms with Gasteiger partial charge in [0.1, 0.15) is 0 Å². The minimum absolute atomic E-state index is 0.0397. The summed E-state index contributed by atoms with van der Waals surface area (Å²) in [4.78, 5) is 16.0. The number of nitrogens with zero attached hydrogens (tertiary/aromatic N) is 1. The van der Waals surface area contributed by atoms with Crippen LogP contribution in [0.25, 0.3) is 22.2 Å². The topological polar surface area (TPSA) is 42.0 Å². The van der Waals surface area contributed by atoms with E-state index in [2.05, 4.69) is 11.4 Å². The Morgan fingerprint density at radius 1 is 1.05 bits per heavy atom. The molecular weight excluding hydrogens is 260 g/mol. The summed E-state index contributed by atoms with van der Waals surface area (Å²) < 4.78 is 0. The van der Waals surface area contributed by atoms with Gasteiger partial charge < -0.3 is 5.32 Å².